The fourth-order valence-corrected chi connectivity index (χ4v) is 3.01. The standard InChI is InChI=1S/C22H22N4O3/c1-2-19(16-8-4-3-5-9-16)25-22(27)17-11-12-20(21(14-17)26(28)29)24-15-18-10-6-7-13-23-18/h3-14,19,24H,2,15H2,1H3,(H,25,27). The lowest BCUT2D eigenvalue weighted by atomic mass is 10.0. The van der Waals surface area contributed by atoms with Crippen molar-refractivity contribution >= 4 is 17.3 Å². The molecule has 7 nitrogen and oxygen atoms in total. The van der Waals surface area contributed by atoms with Crippen LogP contribution in [0.4, 0.5) is 11.4 Å². The summed E-state index contributed by atoms with van der Waals surface area (Å²) in [5.41, 5.74) is 2.19. The van der Waals surface area contributed by atoms with Crippen LogP contribution in [0.5, 0.6) is 0 Å². The highest BCUT2D eigenvalue weighted by molar-refractivity contribution is 5.96. The van der Waals surface area contributed by atoms with Gasteiger partial charge in [-0.3, -0.25) is 19.9 Å². The van der Waals surface area contributed by atoms with E-state index in [9.17, 15) is 14.9 Å². The molecule has 29 heavy (non-hydrogen) atoms. The van der Waals surface area contributed by atoms with E-state index in [1.54, 1.807) is 24.4 Å². The van der Waals surface area contributed by atoms with Crippen LogP contribution in [-0.2, 0) is 6.54 Å². The monoisotopic (exact) mass is 390 g/mol. The molecular formula is C22H22N4O3. The average molecular weight is 390 g/mol. The molecule has 2 N–H and O–H groups in total. The lowest BCUT2D eigenvalue weighted by Crippen LogP contribution is -2.28. The zero-order chi connectivity index (χ0) is 20.6. The quantitative estimate of drug-likeness (QED) is 0.436. The van der Waals surface area contributed by atoms with Gasteiger partial charge in [0.25, 0.3) is 11.6 Å². The van der Waals surface area contributed by atoms with Crippen molar-refractivity contribution in [2.45, 2.75) is 25.9 Å². The molecule has 148 valence electrons. The summed E-state index contributed by atoms with van der Waals surface area (Å²) in [6.07, 6.45) is 2.37. The normalized spacial score (nSPS) is 11.5. The van der Waals surface area contributed by atoms with Gasteiger partial charge >= 0.3 is 0 Å². The molecule has 0 aliphatic rings. The number of nitro groups is 1. The molecule has 0 aliphatic carbocycles. The Morgan fingerprint density at radius 3 is 2.52 bits per heavy atom. The maximum absolute atomic E-state index is 12.7. The summed E-state index contributed by atoms with van der Waals surface area (Å²) >= 11 is 0. The second-order valence-corrected chi connectivity index (χ2v) is 6.51. The van der Waals surface area contributed by atoms with Crippen LogP contribution in [0, 0.1) is 10.1 Å². The van der Waals surface area contributed by atoms with Crippen LogP contribution in [0.15, 0.2) is 72.9 Å². The number of aromatic nitrogens is 1. The molecule has 1 aromatic heterocycles. The van der Waals surface area contributed by atoms with E-state index in [1.807, 2.05) is 49.4 Å². The SMILES string of the molecule is CCC(NC(=O)c1ccc(NCc2ccccn2)c([N+](=O)[O-])c1)c1ccccc1. The topological polar surface area (TPSA) is 97.2 Å². The summed E-state index contributed by atoms with van der Waals surface area (Å²) in [4.78, 5) is 27.9. The molecule has 0 saturated carbocycles. The van der Waals surface area contributed by atoms with Gasteiger partial charge in [0.1, 0.15) is 5.69 Å². The fourth-order valence-electron chi connectivity index (χ4n) is 3.01. The van der Waals surface area contributed by atoms with E-state index in [4.69, 9.17) is 0 Å². The molecule has 1 atom stereocenters. The lowest BCUT2D eigenvalue weighted by molar-refractivity contribution is -0.384. The Balaban J connectivity index is 1.76. The third kappa shape index (κ3) is 5.16. The largest absolute Gasteiger partial charge is 0.374 e. The van der Waals surface area contributed by atoms with E-state index in [0.717, 1.165) is 11.3 Å². The minimum absolute atomic E-state index is 0.152. The summed E-state index contributed by atoms with van der Waals surface area (Å²) < 4.78 is 0. The molecule has 0 saturated heterocycles. The number of rotatable bonds is 8. The molecule has 2 aromatic carbocycles. The number of benzene rings is 2. The van der Waals surface area contributed by atoms with Crippen molar-refractivity contribution in [2.75, 3.05) is 5.32 Å². The van der Waals surface area contributed by atoms with Crippen molar-refractivity contribution in [2.24, 2.45) is 0 Å². The molecule has 3 aromatic rings. The van der Waals surface area contributed by atoms with Gasteiger partial charge in [0.05, 0.1) is 23.2 Å². The van der Waals surface area contributed by atoms with Crippen molar-refractivity contribution < 1.29 is 9.72 Å². The summed E-state index contributed by atoms with van der Waals surface area (Å²) in [6.45, 7) is 2.32. The first-order chi connectivity index (χ1) is 14.1. The van der Waals surface area contributed by atoms with Crippen LogP contribution in [0.1, 0.15) is 41.0 Å². The molecule has 0 fully saturated rings. The first-order valence-corrected chi connectivity index (χ1v) is 9.36. The number of nitrogens with zero attached hydrogens (tertiary/aromatic N) is 2. The molecule has 1 heterocycles. The Morgan fingerprint density at radius 2 is 1.86 bits per heavy atom. The smallest absolute Gasteiger partial charge is 0.293 e. The molecule has 0 radical (unpaired) electrons. The van der Waals surface area contributed by atoms with E-state index in [-0.39, 0.29) is 23.2 Å². The molecule has 3 rings (SSSR count). The van der Waals surface area contributed by atoms with E-state index in [1.165, 1.54) is 6.07 Å². The number of pyridine rings is 1. The Bertz CT molecular complexity index is 978. The summed E-state index contributed by atoms with van der Waals surface area (Å²) in [5, 5.41) is 17.5. The number of carbonyl (C=O) groups is 1. The van der Waals surface area contributed by atoms with Crippen molar-refractivity contribution in [3.63, 3.8) is 0 Å². The Labute approximate surface area is 169 Å². The van der Waals surface area contributed by atoms with Crippen molar-refractivity contribution in [1.29, 1.82) is 0 Å². The van der Waals surface area contributed by atoms with Crippen LogP contribution in [0.2, 0.25) is 0 Å². The minimum Gasteiger partial charge on any atom is -0.374 e. The second-order valence-electron chi connectivity index (χ2n) is 6.51. The fraction of sp³-hybridized carbons (Fsp3) is 0.182. The van der Waals surface area contributed by atoms with Gasteiger partial charge in [-0.1, -0.05) is 43.3 Å². The van der Waals surface area contributed by atoms with Crippen molar-refractivity contribution in [3.05, 3.63) is 99.9 Å². The summed E-state index contributed by atoms with van der Waals surface area (Å²) in [5.74, 6) is -0.347. The number of nitro benzene ring substituents is 1. The van der Waals surface area contributed by atoms with Crippen LogP contribution in [0.3, 0.4) is 0 Å². The van der Waals surface area contributed by atoms with Gasteiger partial charge in [0, 0.05) is 17.8 Å². The molecular weight excluding hydrogens is 368 g/mol. The van der Waals surface area contributed by atoms with Gasteiger partial charge in [-0.25, -0.2) is 0 Å². The molecule has 1 unspecified atom stereocenters. The van der Waals surface area contributed by atoms with Crippen LogP contribution in [-0.4, -0.2) is 15.8 Å². The highest BCUT2D eigenvalue weighted by atomic mass is 16.6. The number of amides is 1. The van der Waals surface area contributed by atoms with Crippen LogP contribution in [0.25, 0.3) is 0 Å². The van der Waals surface area contributed by atoms with E-state index < -0.39 is 4.92 Å². The Morgan fingerprint density at radius 1 is 1.10 bits per heavy atom. The van der Waals surface area contributed by atoms with Crippen molar-refractivity contribution in [3.8, 4) is 0 Å². The predicted molar refractivity (Wildman–Crippen MR) is 112 cm³/mol. The number of hydrogen-bond acceptors (Lipinski definition) is 5. The zero-order valence-corrected chi connectivity index (χ0v) is 16.0. The predicted octanol–water partition coefficient (Wildman–Crippen LogP) is 4.48. The van der Waals surface area contributed by atoms with E-state index >= 15 is 0 Å². The maximum atomic E-state index is 12.7. The third-order valence-electron chi connectivity index (χ3n) is 4.56. The zero-order valence-electron chi connectivity index (χ0n) is 16.0. The summed E-state index contributed by atoms with van der Waals surface area (Å²) in [7, 11) is 0. The molecule has 1 amide bonds. The van der Waals surface area contributed by atoms with Gasteiger partial charge in [0.15, 0.2) is 0 Å². The average Bonchev–Trinajstić information content (AvgIpc) is 2.77. The highest BCUT2D eigenvalue weighted by Gasteiger charge is 2.19. The first kappa shape index (κ1) is 20.0. The Hall–Kier alpha value is -3.74. The molecule has 0 bridgehead atoms. The number of hydrogen-bond donors (Lipinski definition) is 2. The number of anilines is 1. The number of nitrogens with one attached hydrogen (secondary N) is 2. The third-order valence-corrected chi connectivity index (χ3v) is 4.56. The van der Waals surface area contributed by atoms with E-state index in [0.29, 0.717) is 18.7 Å². The highest BCUT2D eigenvalue weighted by Crippen LogP contribution is 2.26. The van der Waals surface area contributed by atoms with Crippen LogP contribution >= 0.6 is 0 Å². The van der Waals surface area contributed by atoms with Gasteiger partial charge < -0.3 is 10.6 Å². The number of carbonyl (C=O) groups excluding carboxylic acids is 1. The summed E-state index contributed by atoms with van der Waals surface area (Å²) in [6, 6.07) is 19.4. The molecule has 7 heteroatoms. The minimum atomic E-state index is -0.494. The van der Waals surface area contributed by atoms with Gasteiger partial charge in [-0.2, -0.15) is 0 Å². The lowest BCUT2D eigenvalue weighted by Gasteiger charge is -2.17. The van der Waals surface area contributed by atoms with Crippen LogP contribution < -0.4 is 10.6 Å². The Kier molecular flexibility index (Phi) is 6.52. The van der Waals surface area contributed by atoms with Crippen molar-refractivity contribution in [1.82, 2.24) is 10.3 Å². The van der Waals surface area contributed by atoms with Gasteiger partial charge in [-0.05, 0) is 36.2 Å². The second kappa shape index (κ2) is 9.45. The maximum Gasteiger partial charge on any atom is 0.293 e. The molecule has 0 aliphatic heterocycles. The van der Waals surface area contributed by atoms with Gasteiger partial charge in [0.2, 0.25) is 0 Å². The first-order valence-electron chi connectivity index (χ1n) is 9.36. The molecule has 0 spiro atoms. The van der Waals surface area contributed by atoms with E-state index in [2.05, 4.69) is 15.6 Å². The van der Waals surface area contributed by atoms with Gasteiger partial charge in [-0.15, -0.1) is 0 Å².